The molecule has 0 atom stereocenters. The molecule has 0 unspecified atom stereocenters. The van der Waals surface area contributed by atoms with E-state index in [1.165, 1.54) is 69.8 Å². The van der Waals surface area contributed by atoms with Crippen molar-refractivity contribution in [3.63, 3.8) is 0 Å². The zero-order chi connectivity index (χ0) is 23.9. The van der Waals surface area contributed by atoms with Crippen molar-refractivity contribution in [1.82, 2.24) is 4.31 Å². The average molecular weight is 479 g/mol. The van der Waals surface area contributed by atoms with E-state index >= 15 is 0 Å². The number of para-hydroxylation sites is 2. The Hall–Kier alpha value is -2.89. The highest BCUT2D eigenvalue weighted by atomic mass is 32.2. The predicted octanol–water partition coefficient (Wildman–Crippen LogP) is 4.20. The number of nitriles is 1. The van der Waals surface area contributed by atoms with Crippen LogP contribution < -0.4 is 10.6 Å². The van der Waals surface area contributed by atoms with Crippen LogP contribution in [0.3, 0.4) is 0 Å². The van der Waals surface area contributed by atoms with Gasteiger partial charge in [-0.3, -0.25) is 4.79 Å². The van der Waals surface area contributed by atoms with Crippen LogP contribution in [0.25, 0.3) is 0 Å². The van der Waals surface area contributed by atoms with Gasteiger partial charge in [0.05, 0.1) is 34.4 Å². The molecule has 0 aromatic heterocycles. The van der Waals surface area contributed by atoms with Crippen molar-refractivity contribution in [3.05, 3.63) is 54.1 Å². The second kappa shape index (κ2) is 8.71. The molecule has 0 saturated heterocycles. The van der Waals surface area contributed by atoms with Gasteiger partial charge >= 0.3 is 0 Å². The van der Waals surface area contributed by atoms with E-state index in [4.69, 9.17) is 5.26 Å². The highest BCUT2D eigenvalue weighted by Gasteiger charge is 2.51. The van der Waals surface area contributed by atoms with Crippen LogP contribution in [-0.2, 0) is 14.8 Å². The Balaban J connectivity index is 1.27. The summed E-state index contributed by atoms with van der Waals surface area (Å²) in [7, 11) is -2.47. The SMILES string of the molecule is CN(CC(=O)Nc1ccccc1NC12CC3CC(CC(C3)C1)C2)S(=O)(=O)c1ccc(C#N)cc1. The summed E-state index contributed by atoms with van der Waals surface area (Å²) in [6, 6.07) is 15.3. The third-order valence-corrected chi connectivity index (χ3v) is 9.51. The summed E-state index contributed by atoms with van der Waals surface area (Å²) in [5.74, 6) is 2.02. The van der Waals surface area contributed by atoms with E-state index in [1.54, 1.807) is 0 Å². The Morgan fingerprint density at radius 2 is 1.56 bits per heavy atom. The van der Waals surface area contributed by atoms with E-state index in [9.17, 15) is 13.2 Å². The average Bonchev–Trinajstić information content (AvgIpc) is 2.79. The van der Waals surface area contributed by atoms with Crippen LogP contribution in [0, 0.1) is 29.1 Å². The highest BCUT2D eigenvalue weighted by Crippen LogP contribution is 2.56. The molecule has 4 fully saturated rings. The maximum absolute atomic E-state index is 12.9. The first-order valence-corrected chi connectivity index (χ1v) is 13.3. The third kappa shape index (κ3) is 4.42. The molecule has 2 N–H and O–H groups in total. The normalized spacial score (nSPS) is 27.4. The summed E-state index contributed by atoms with van der Waals surface area (Å²) in [5.41, 5.74) is 2.05. The lowest BCUT2D eigenvalue weighted by atomic mass is 9.53. The molecule has 0 heterocycles. The number of hydrogen-bond donors (Lipinski definition) is 2. The number of likely N-dealkylation sites (N-methyl/N-ethyl adjacent to an activating group) is 1. The molecule has 0 spiro atoms. The summed E-state index contributed by atoms with van der Waals surface area (Å²) in [6.45, 7) is -0.311. The van der Waals surface area contributed by atoms with Crippen LogP contribution in [0.2, 0.25) is 0 Å². The summed E-state index contributed by atoms with van der Waals surface area (Å²) < 4.78 is 26.7. The van der Waals surface area contributed by atoms with Gasteiger partial charge in [-0.25, -0.2) is 8.42 Å². The molecule has 4 saturated carbocycles. The first-order valence-electron chi connectivity index (χ1n) is 11.9. The topological polar surface area (TPSA) is 102 Å². The second-order valence-corrected chi connectivity index (χ2v) is 12.4. The van der Waals surface area contributed by atoms with Crippen LogP contribution in [-0.4, -0.2) is 37.8 Å². The molecule has 1 amide bonds. The number of carbonyl (C=O) groups is 1. The van der Waals surface area contributed by atoms with Crippen molar-refractivity contribution in [2.75, 3.05) is 24.2 Å². The molecule has 4 aliphatic carbocycles. The Kier molecular flexibility index (Phi) is 5.86. The fraction of sp³-hybridized carbons (Fsp3) is 0.462. The number of benzene rings is 2. The standard InChI is InChI=1S/C26H30N4O3S/c1-30(34(32,33)22-8-6-18(16-27)7-9-22)17-25(31)28-23-4-2-3-5-24(23)29-26-13-19-10-20(14-26)12-21(11-19)15-26/h2-9,19-21,29H,10-15,17H2,1H3,(H,28,31). The molecule has 4 bridgehead atoms. The van der Waals surface area contributed by atoms with Crippen LogP contribution in [0.5, 0.6) is 0 Å². The zero-order valence-corrected chi connectivity index (χ0v) is 20.1. The lowest BCUT2D eigenvalue weighted by molar-refractivity contribution is -0.116. The van der Waals surface area contributed by atoms with E-state index in [1.807, 2.05) is 30.3 Å². The molecule has 6 rings (SSSR count). The smallest absolute Gasteiger partial charge is 0.243 e. The van der Waals surface area contributed by atoms with Gasteiger partial charge in [0.15, 0.2) is 0 Å². The van der Waals surface area contributed by atoms with Gasteiger partial charge in [0.25, 0.3) is 0 Å². The maximum Gasteiger partial charge on any atom is 0.243 e. The van der Waals surface area contributed by atoms with E-state index < -0.39 is 15.9 Å². The Labute approximate surface area is 201 Å². The largest absolute Gasteiger partial charge is 0.378 e. The molecule has 34 heavy (non-hydrogen) atoms. The second-order valence-electron chi connectivity index (χ2n) is 10.3. The molecular formula is C26H30N4O3S. The minimum atomic E-state index is -3.85. The van der Waals surface area contributed by atoms with Crippen molar-refractivity contribution in [1.29, 1.82) is 5.26 Å². The number of amides is 1. The van der Waals surface area contributed by atoms with Crippen LogP contribution >= 0.6 is 0 Å². The molecule has 0 radical (unpaired) electrons. The molecule has 4 aliphatic rings. The summed E-state index contributed by atoms with van der Waals surface area (Å²) in [4.78, 5) is 12.9. The zero-order valence-electron chi connectivity index (χ0n) is 19.3. The van der Waals surface area contributed by atoms with Gasteiger partial charge in [0.2, 0.25) is 15.9 Å². The Morgan fingerprint density at radius 3 is 2.12 bits per heavy atom. The number of nitrogens with zero attached hydrogens (tertiary/aromatic N) is 2. The van der Waals surface area contributed by atoms with Gasteiger partial charge in [-0.15, -0.1) is 0 Å². The first kappa shape index (κ1) is 22.9. The van der Waals surface area contributed by atoms with E-state index in [-0.39, 0.29) is 17.0 Å². The van der Waals surface area contributed by atoms with Crippen molar-refractivity contribution < 1.29 is 13.2 Å². The quantitative estimate of drug-likeness (QED) is 0.621. The van der Waals surface area contributed by atoms with Gasteiger partial charge in [-0.05, 0) is 92.7 Å². The maximum atomic E-state index is 12.9. The molecule has 2 aromatic carbocycles. The summed E-state index contributed by atoms with van der Waals surface area (Å²) in [6.07, 6.45) is 7.64. The van der Waals surface area contributed by atoms with Gasteiger partial charge in [0.1, 0.15) is 0 Å². The molecule has 178 valence electrons. The number of sulfonamides is 1. The van der Waals surface area contributed by atoms with Crippen LogP contribution in [0.1, 0.15) is 44.1 Å². The highest BCUT2D eigenvalue weighted by molar-refractivity contribution is 7.89. The number of anilines is 2. The number of nitrogens with one attached hydrogen (secondary N) is 2. The van der Waals surface area contributed by atoms with Gasteiger partial charge < -0.3 is 10.6 Å². The Bertz CT molecular complexity index is 1200. The van der Waals surface area contributed by atoms with Crippen molar-refractivity contribution in [2.45, 2.75) is 49.0 Å². The summed E-state index contributed by atoms with van der Waals surface area (Å²) in [5, 5.41) is 15.6. The minimum absolute atomic E-state index is 0.0469. The fourth-order valence-corrected chi connectivity index (χ4v) is 7.74. The van der Waals surface area contributed by atoms with Gasteiger partial charge in [-0.1, -0.05) is 12.1 Å². The number of carbonyl (C=O) groups excluding carboxylic acids is 1. The molecule has 7 nitrogen and oxygen atoms in total. The lowest BCUT2D eigenvalue weighted by Gasteiger charge is -2.57. The van der Waals surface area contributed by atoms with Crippen molar-refractivity contribution in [3.8, 4) is 6.07 Å². The number of hydrogen-bond acceptors (Lipinski definition) is 5. The Morgan fingerprint density at radius 1 is 1.00 bits per heavy atom. The van der Waals surface area contributed by atoms with Gasteiger partial charge in [-0.2, -0.15) is 9.57 Å². The third-order valence-electron chi connectivity index (χ3n) is 7.70. The lowest BCUT2D eigenvalue weighted by Crippen LogP contribution is -2.54. The number of rotatable bonds is 7. The molecule has 0 aliphatic heterocycles. The van der Waals surface area contributed by atoms with Crippen LogP contribution in [0.15, 0.2) is 53.4 Å². The minimum Gasteiger partial charge on any atom is -0.378 e. The van der Waals surface area contributed by atoms with E-state index in [2.05, 4.69) is 10.6 Å². The summed E-state index contributed by atoms with van der Waals surface area (Å²) >= 11 is 0. The predicted molar refractivity (Wildman–Crippen MR) is 131 cm³/mol. The molecule has 2 aromatic rings. The van der Waals surface area contributed by atoms with Crippen LogP contribution in [0.4, 0.5) is 11.4 Å². The van der Waals surface area contributed by atoms with Crippen molar-refractivity contribution >= 4 is 27.3 Å². The van der Waals surface area contributed by atoms with E-state index in [0.717, 1.165) is 27.7 Å². The molecule has 8 heteroatoms. The van der Waals surface area contributed by atoms with Gasteiger partial charge in [0, 0.05) is 12.6 Å². The molecular weight excluding hydrogens is 448 g/mol. The van der Waals surface area contributed by atoms with Crippen molar-refractivity contribution in [2.24, 2.45) is 17.8 Å². The first-order chi connectivity index (χ1) is 16.3. The fourth-order valence-electron chi connectivity index (χ4n) is 6.61. The van der Waals surface area contributed by atoms with E-state index in [0.29, 0.717) is 11.3 Å². The monoisotopic (exact) mass is 478 g/mol.